The van der Waals surface area contributed by atoms with E-state index in [0.717, 1.165) is 0 Å². The fourth-order valence-corrected chi connectivity index (χ4v) is 2.23. The molecule has 0 bridgehead atoms. The van der Waals surface area contributed by atoms with Gasteiger partial charge in [0.1, 0.15) is 5.75 Å². The number of amides is 1. The van der Waals surface area contributed by atoms with Gasteiger partial charge in [-0.3, -0.25) is 4.79 Å². The molecule has 1 amide bonds. The first-order valence-corrected chi connectivity index (χ1v) is 7.20. The summed E-state index contributed by atoms with van der Waals surface area (Å²) in [5.74, 6) is 0.692. The van der Waals surface area contributed by atoms with Crippen LogP contribution in [0.2, 0.25) is 5.02 Å². The van der Waals surface area contributed by atoms with Gasteiger partial charge in [0.2, 0.25) is 0 Å². The number of anilines is 1. The number of halogens is 1. The largest absolute Gasteiger partial charge is 0.497 e. The highest BCUT2D eigenvalue weighted by molar-refractivity contribution is 6.30. The second-order valence-electron chi connectivity index (χ2n) is 4.72. The van der Waals surface area contributed by atoms with E-state index >= 15 is 0 Å². The monoisotopic (exact) mass is 328 g/mol. The quantitative estimate of drug-likeness (QED) is 0.777. The molecule has 23 heavy (non-hydrogen) atoms. The molecule has 0 saturated heterocycles. The average Bonchev–Trinajstić information content (AvgIpc) is 3.07. The fourth-order valence-electron chi connectivity index (χ4n) is 2.10. The Balaban J connectivity index is 1.87. The molecule has 0 unspecified atom stereocenters. The van der Waals surface area contributed by atoms with Gasteiger partial charge in [0.05, 0.1) is 7.11 Å². The van der Waals surface area contributed by atoms with Crippen LogP contribution in [0.25, 0.3) is 11.3 Å². The molecule has 1 heterocycles. The van der Waals surface area contributed by atoms with E-state index in [9.17, 15) is 4.79 Å². The lowest BCUT2D eigenvalue weighted by atomic mass is 10.1. The lowest BCUT2D eigenvalue weighted by molar-refractivity contribution is 0.102. The average molecular weight is 329 g/mol. The van der Waals surface area contributed by atoms with Gasteiger partial charge in [0, 0.05) is 16.3 Å². The maximum absolute atomic E-state index is 12.4. The maximum Gasteiger partial charge on any atom is 0.278 e. The summed E-state index contributed by atoms with van der Waals surface area (Å²) in [5, 5.41) is 3.36. The molecule has 3 rings (SSSR count). The minimum atomic E-state index is -0.362. The number of aromatic nitrogens is 1. The summed E-state index contributed by atoms with van der Waals surface area (Å²) in [4.78, 5) is 16.4. The van der Waals surface area contributed by atoms with E-state index in [1.165, 1.54) is 6.39 Å². The predicted octanol–water partition coefficient (Wildman–Crippen LogP) is 4.26. The highest BCUT2D eigenvalue weighted by Crippen LogP contribution is 2.27. The molecular weight excluding hydrogens is 316 g/mol. The van der Waals surface area contributed by atoms with Crippen LogP contribution in [0, 0.1) is 0 Å². The van der Waals surface area contributed by atoms with Crippen LogP contribution in [0.1, 0.15) is 10.5 Å². The fraction of sp³-hybridized carbons (Fsp3) is 0.0588. The summed E-state index contributed by atoms with van der Waals surface area (Å²) >= 11 is 5.83. The van der Waals surface area contributed by atoms with Gasteiger partial charge in [-0.25, -0.2) is 4.98 Å². The Morgan fingerprint density at radius 3 is 2.74 bits per heavy atom. The van der Waals surface area contributed by atoms with Crippen molar-refractivity contribution < 1.29 is 13.9 Å². The molecule has 0 aliphatic rings. The summed E-state index contributed by atoms with van der Waals surface area (Å²) < 4.78 is 10.6. The van der Waals surface area contributed by atoms with Crippen molar-refractivity contribution in [3.63, 3.8) is 0 Å². The second-order valence-corrected chi connectivity index (χ2v) is 5.16. The number of ether oxygens (including phenoxy) is 1. The predicted molar refractivity (Wildman–Crippen MR) is 87.9 cm³/mol. The molecule has 0 aliphatic heterocycles. The Morgan fingerprint density at radius 2 is 2.00 bits per heavy atom. The van der Waals surface area contributed by atoms with E-state index in [-0.39, 0.29) is 11.6 Å². The van der Waals surface area contributed by atoms with E-state index < -0.39 is 0 Å². The molecule has 0 aliphatic carbocycles. The summed E-state index contributed by atoms with van der Waals surface area (Å²) in [6.45, 7) is 0. The molecule has 0 atom stereocenters. The van der Waals surface area contributed by atoms with E-state index in [2.05, 4.69) is 10.3 Å². The first kappa shape index (κ1) is 15.1. The Labute approximate surface area is 137 Å². The molecule has 0 saturated carbocycles. The number of hydrogen-bond acceptors (Lipinski definition) is 4. The molecule has 0 fully saturated rings. The Morgan fingerprint density at radius 1 is 1.22 bits per heavy atom. The molecule has 5 nitrogen and oxygen atoms in total. The second kappa shape index (κ2) is 6.54. The molecule has 116 valence electrons. The molecular formula is C17H13ClN2O3. The minimum Gasteiger partial charge on any atom is -0.497 e. The van der Waals surface area contributed by atoms with Crippen molar-refractivity contribution in [2.45, 2.75) is 0 Å². The van der Waals surface area contributed by atoms with Crippen LogP contribution in [0.4, 0.5) is 5.69 Å². The van der Waals surface area contributed by atoms with Crippen LogP contribution in [0.3, 0.4) is 0 Å². The molecule has 0 spiro atoms. The summed E-state index contributed by atoms with van der Waals surface area (Å²) in [6.07, 6.45) is 1.24. The molecule has 1 N–H and O–H groups in total. The zero-order valence-corrected chi connectivity index (χ0v) is 13.0. The van der Waals surface area contributed by atoms with Crippen molar-refractivity contribution in [1.82, 2.24) is 4.98 Å². The SMILES string of the molecule is COc1cccc(-c2ocnc2C(=O)Nc2ccc(Cl)cc2)c1. The number of rotatable bonds is 4. The summed E-state index contributed by atoms with van der Waals surface area (Å²) in [7, 11) is 1.58. The third kappa shape index (κ3) is 3.35. The molecule has 2 aromatic carbocycles. The van der Waals surface area contributed by atoms with Crippen LogP contribution in [-0.4, -0.2) is 18.0 Å². The standard InChI is InChI=1S/C17H13ClN2O3/c1-22-14-4-2-3-11(9-14)16-15(19-10-23-16)17(21)20-13-7-5-12(18)6-8-13/h2-10H,1H3,(H,20,21). The molecule has 3 aromatic rings. The van der Waals surface area contributed by atoms with Gasteiger partial charge in [0.15, 0.2) is 17.8 Å². The third-order valence-corrected chi connectivity index (χ3v) is 3.47. The van der Waals surface area contributed by atoms with Crippen molar-refractivity contribution in [3.05, 3.63) is 65.6 Å². The van der Waals surface area contributed by atoms with Crippen molar-refractivity contribution in [2.75, 3.05) is 12.4 Å². The molecule has 6 heteroatoms. The van der Waals surface area contributed by atoms with Crippen molar-refractivity contribution >= 4 is 23.2 Å². The van der Waals surface area contributed by atoms with Crippen molar-refractivity contribution in [3.8, 4) is 17.1 Å². The van der Waals surface area contributed by atoms with Crippen molar-refractivity contribution in [1.29, 1.82) is 0 Å². The highest BCUT2D eigenvalue weighted by atomic mass is 35.5. The lowest BCUT2D eigenvalue weighted by Gasteiger charge is -2.06. The van der Waals surface area contributed by atoms with Crippen LogP contribution in [0.15, 0.2) is 59.3 Å². The third-order valence-electron chi connectivity index (χ3n) is 3.22. The Hall–Kier alpha value is -2.79. The van der Waals surface area contributed by atoms with Gasteiger partial charge in [0.25, 0.3) is 5.91 Å². The number of oxazole rings is 1. The van der Waals surface area contributed by atoms with E-state index in [4.69, 9.17) is 20.8 Å². The zero-order chi connectivity index (χ0) is 16.2. The first-order chi connectivity index (χ1) is 11.2. The van der Waals surface area contributed by atoms with Gasteiger partial charge in [-0.15, -0.1) is 0 Å². The van der Waals surface area contributed by atoms with Gasteiger partial charge >= 0.3 is 0 Å². The molecule has 1 aromatic heterocycles. The van der Waals surface area contributed by atoms with Gasteiger partial charge in [-0.05, 0) is 36.4 Å². The zero-order valence-electron chi connectivity index (χ0n) is 12.2. The topological polar surface area (TPSA) is 64.4 Å². The van der Waals surface area contributed by atoms with E-state index in [1.807, 2.05) is 18.2 Å². The number of methoxy groups -OCH3 is 1. The van der Waals surface area contributed by atoms with Crippen LogP contribution in [-0.2, 0) is 0 Å². The number of benzene rings is 2. The van der Waals surface area contributed by atoms with Crippen LogP contribution >= 0.6 is 11.6 Å². The minimum absolute atomic E-state index is 0.202. The number of carbonyl (C=O) groups excluding carboxylic acids is 1. The smallest absolute Gasteiger partial charge is 0.278 e. The lowest BCUT2D eigenvalue weighted by Crippen LogP contribution is -2.13. The number of hydrogen-bond donors (Lipinski definition) is 1. The van der Waals surface area contributed by atoms with Crippen LogP contribution in [0.5, 0.6) is 5.75 Å². The Bertz CT molecular complexity index is 828. The van der Waals surface area contributed by atoms with Gasteiger partial charge < -0.3 is 14.5 Å². The first-order valence-electron chi connectivity index (χ1n) is 6.82. The number of nitrogens with one attached hydrogen (secondary N) is 1. The number of carbonyl (C=O) groups is 1. The van der Waals surface area contributed by atoms with E-state index in [0.29, 0.717) is 27.8 Å². The summed E-state index contributed by atoms with van der Waals surface area (Å²) in [5.41, 5.74) is 1.54. The van der Waals surface area contributed by atoms with Crippen LogP contribution < -0.4 is 10.1 Å². The Kier molecular flexibility index (Phi) is 4.30. The van der Waals surface area contributed by atoms with E-state index in [1.54, 1.807) is 37.4 Å². The number of nitrogens with zero attached hydrogens (tertiary/aromatic N) is 1. The van der Waals surface area contributed by atoms with Gasteiger partial charge in [-0.2, -0.15) is 0 Å². The van der Waals surface area contributed by atoms with Crippen molar-refractivity contribution in [2.24, 2.45) is 0 Å². The maximum atomic E-state index is 12.4. The molecule has 0 radical (unpaired) electrons. The highest BCUT2D eigenvalue weighted by Gasteiger charge is 2.18. The normalized spacial score (nSPS) is 10.3. The summed E-state index contributed by atoms with van der Waals surface area (Å²) in [6, 6.07) is 14.1. The van der Waals surface area contributed by atoms with Gasteiger partial charge in [-0.1, -0.05) is 23.7 Å².